The highest BCUT2D eigenvalue weighted by Crippen LogP contribution is 2.21. The Morgan fingerprint density at radius 1 is 1.33 bits per heavy atom. The smallest absolute Gasteiger partial charge is 0.218 e. The van der Waals surface area contributed by atoms with Crippen molar-refractivity contribution in [2.45, 2.75) is 18.6 Å². The average Bonchev–Trinajstić information content (AvgIpc) is 2.48. The lowest BCUT2D eigenvalue weighted by Crippen LogP contribution is -2.41. The number of benzene rings is 1. The first-order valence-electron chi connectivity index (χ1n) is 7.15. The number of terminal acetylenes is 1. The summed E-state index contributed by atoms with van der Waals surface area (Å²) in [5, 5.41) is 0. The molecule has 1 aromatic rings. The molecule has 0 amide bonds. The lowest BCUT2D eigenvalue weighted by Gasteiger charge is -2.31. The molecule has 0 saturated carbocycles. The van der Waals surface area contributed by atoms with E-state index < -0.39 is 10.0 Å². The summed E-state index contributed by atoms with van der Waals surface area (Å²) in [6.45, 7) is 1.94. The van der Waals surface area contributed by atoms with E-state index in [-0.39, 0.29) is 18.3 Å². The Kier molecular flexibility index (Phi) is 5.80. The van der Waals surface area contributed by atoms with Gasteiger partial charge in [-0.25, -0.2) is 12.7 Å². The molecule has 5 heteroatoms. The molecular weight excluding hydrogens is 286 g/mol. The second-order valence-electron chi connectivity index (χ2n) is 5.33. The number of piperidine rings is 1. The summed E-state index contributed by atoms with van der Waals surface area (Å²) < 4.78 is 31.9. The topological polar surface area (TPSA) is 46.6 Å². The molecule has 0 unspecified atom stereocenters. The van der Waals surface area contributed by atoms with Crippen molar-refractivity contribution >= 4 is 10.0 Å². The summed E-state index contributed by atoms with van der Waals surface area (Å²) in [4.78, 5) is 0. The predicted molar refractivity (Wildman–Crippen MR) is 83.0 cm³/mol. The summed E-state index contributed by atoms with van der Waals surface area (Å²) in [6.07, 6.45) is 7.01. The second-order valence-corrected chi connectivity index (χ2v) is 7.30. The number of sulfonamides is 1. The third-order valence-electron chi connectivity index (χ3n) is 3.61. The van der Waals surface area contributed by atoms with Crippen LogP contribution in [0.3, 0.4) is 0 Å². The molecule has 0 bridgehead atoms. The van der Waals surface area contributed by atoms with Gasteiger partial charge in [-0.1, -0.05) is 36.3 Å². The van der Waals surface area contributed by atoms with Gasteiger partial charge < -0.3 is 4.74 Å². The number of ether oxygens (including phenoxy) is 1. The van der Waals surface area contributed by atoms with Gasteiger partial charge in [0.1, 0.15) is 6.61 Å². The Morgan fingerprint density at radius 2 is 2.10 bits per heavy atom. The van der Waals surface area contributed by atoms with Crippen LogP contribution in [0.1, 0.15) is 18.4 Å². The van der Waals surface area contributed by atoms with Gasteiger partial charge in [0, 0.05) is 13.1 Å². The first kappa shape index (κ1) is 16.0. The van der Waals surface area contributed by atoms with Gasteiger partial charge in [0.05, 0.1) is 12.4 Å². The molecule has 1 aromatic carbocycles. The van der Waals surface area contributed by atoms with Crippen molar-refractivity contribution in [1.29, 1.82) is 0 Å². The summed E-state index contributed by atoms with van der Waals surface area (Å²) >= 11 is 0. The minimum absolute atomic E-state index is 0.0613. The number of nitrogens with zero attached hydrogens (tertiary/aromatic N) is 1. The van der Waals surface area contributed by atoms with Crippen molar-refractivity contribution in [1.82, 2.24) is 4.31 Å². The highest BCUT2D eigenvalue weighted by molar-refractivity contribution is 7.88. The Bertz CT molecular complexity index is 577. The summed E-state index contributed by atoms with van der Waals surface area (Å²) in [5.41, 5.74) is 0.822. The normalized spacial score (nSPS) is 20.0. The molecule has 0 aliphatic carbocycles. The second kappa shape index (κ2) is 7.60. The average molecular weight is 307 g/mol. The SMILES string of the molecule is C#CCOC[C@H]1CCCN(S(=O)(=O)Cc2ccccc2)C1. The standard InChI is InChI=1S/C16H21NO3S/c1-2-11-20-13-16-9-6-10-17(12-16)21(18,19)14-15-7-4-3-5-8-15/h1,3-5,7-8,16H,6,9-14H2/t16-/m0/s1. The zero-order chi connectivity index (χ0) is 15.1. The van der Waals surface area contributed by atoms with E-state index in [1.807, 2.05) is 30.3 Å². The molecule has 1 aliphatic heterocycles. The monoisotopic (exact) mass is 307 g/mol. The number of hydrogen-bond donors (Lipinski definition) is 0. The van der Waals surface area contributed by atoms with Crippen LogP contribution in [-0.4, -0.2) is 39.0 Å². The lowest BCUT2D eigenvalue weighted by atomic mass is 10.0. The van der Waals surface area contributed by atoms with Gasteiger partial charge in [-0.2, -0.15) is 0 Å². The van der Waals surface area contributed by atoms with Gasteiger partial charge in [0.25, 0.3) is 0 Å². The van der Waals surface area contributed by atoms with Crippen molar-refractivity contribution in [3.8, 4) is 12.3 Å². The molecule has 1 aliphatic rings. The van der Waals surface area contributed by atoms with Crippen LogP contribution in [-0.2, 0) is 20.5 Å². The van der Waals surface area contributed by atoms with Gasteiger partial charge in [0.15, 0.2) is 0 Å². The molecule has 2 rings (SSSR count). The van der Waals surface area contributed by atoms with Crippen LogP contribution < -0.4 is 0 Å². The highest BCUT2D eigenvalue weighted by atomic mass is 32.2. The first-order chi connectivity index (χ1) is 10.1. The van der Waals surface area contributed by atoms with Gasteiger partial charge >= 0.3 is 0 Å². The van der Waals surface area contributed by atoms with Crippen molar-refractivity contribution < 1.29 is 13.2 Å². The molecule has 0 radical (unpaired) electrons. The van der Waals surface area contributed by atoms with Crippen LogP contribution >= 0.6 is 0 Å². The van der Waals surface area contributed by atoms with E-state index in [0.29, 0.717) is 19.7 Å². The third kappa shape index (κ3) is 4.85. The Labute approximate surface area is 127 Å². The molecule has 1 saturated heterocycles. The third-order valence-corrected chi connectivity index (χ3v) is 5.42. The van der Waals surface area contributed by atoms with Gasteiger partial charge in [-0.3, -0.25) is 0 Å². The van der Waals surface area contributed by atoms with Gasteiger partial charge in [0.2, 0.25) is 10.0 Å². The van der Waals surface area contributed by atoms with Crippen LogP contribution in [0, 0.1) is 18.3 Å². The van der Waals surface area contributed by atoms with E-state index in [1.165, 1.54) is 0 Å². The Balaban J connectivity index is 1.95. The van der Waals surface area contributed by atoms with Gasteiger partial charge in [-0.15, -0.1) is 6.42 Å². The summed E-state index contributed by atoms with van der Waals surface area (Å²) in [7, 11) is -3.26. The van der Waals surface area contributed by atoms with E-state index in [4.69, 9.17) is 11.2 Å². The first-order valence-corrected chi connectivity index (χ1v) is 8.75. The Morgan fingerprint density at radius 3 is 2.81 bits per heavy atom. The quantitative estimate of drug-likeness (QED) is 0.595. The van der Waals surface area contributed by atoms with E-state index >= 15 is 0 Å². The number of hydrogen-bond acceptors (Lipinski definition) is 3. The predicted octanol–water partition coefficient (Wildman–Crippen LogP) is 1.88. The van der Waals surface area contributed by atoms with E-state index in [9.17, 15) is 8.42 Å². The fourth-order valence-corrected chi connectivity index (χ4v) is 4.22. The van der Waals surface area contributed by atoms with Gasteiger partial charge in [-0.05, 0) is 24.3 Å². The minimum atomic E-state index is -3.26. The fourth-order valence-electron chi connectivity index (χ4n) is 2.58. The molecule has 0 aromatic heterocycles. The molecule has 4 nitrogen and oxygen atoms in total. The number of rotatable bonds is 6. The van der Waals surface area contributed by atoms with Crippen LogP contribution in [0.4, 0.5) is 0 Å². The van der Waals surface area contributed by atoms with Crippen LogP contribution in [0.25, 0.3) is 0 Å². The van der Waals surface area contributed by atoms with Crippen molar-refractivity contribution in [2.75, 3.05) is 26.3 Å². The van der Waals surface area contributed by atoms with Crippen LogP contribution in [0.5, 0.6) is 0 Å². The van der Waals surface area contributed by atoms with Crippen LogP contribution in [0.2, 0.25) is 0 Å². The molecular formula is C16H21NO3S. The maximum atomic E-state index is 12.5. The molecule has 114 valence electrons. The Hall–Kier alpha value is -1.35. The minimum Gasteiger partial charge on any atom is -0.368 e. The van der Waals surface area contributed by atoms with E-state index in [0.717, 1.165) is 18.4 Å². The molecule has 0 spiro atoms. The maximum absolute atomic E-state index is 12.5. The molecule has 0 N–H and O–H groups in total. The molecule has 1 fully saturated rings. The maximum Gasteiger partial charge on any atom is 0.218 e. The van der Waals surface area contributed by atoms with Crippen molar-refractivity contribution in [3.63, 3.8) is 0 Å². The largest absolute Gasteiger partial charge is 0.368 e. The lowest BCUT2D eigenvalue weighted by molar-refractivity contribution is 0.0990. The summed E-state index contributed by atoms with van der Waals surface area (Å²) in [5.74, 6) is 2.72. The molecule has 1 atom stereocenters. The van der Waals surface area contributed by atoms with E-state index in [1.54, 1.807) is 4.31 Å². The summed E-state index contributed by atoms with van der Waals surface area (Å²) in [6, 6.07) is 9.29. The van der Waals surface area contributed by atoms with Crippen LogP contribution in [0.15, 0.2) is 30.3 Å². The zero-order valence-corrected chi connectivity index (χ0v) is 12.9. The van der Waals surface area contributed by atoms with E-state index in [2.05, 4.69) is 5.92 Å². The molecule has 21 heavy (non-hydrogen) atoms. The van der Waals surface area contributed by atoms with Crippen molar-refractivity contribution in [2.24, 2.45) is 5.92 Å². The highest BCUT2D eigenvalue weighted by Gasteiger charge is 2.28. The zero-order valence-electron chi connectivity index (χ0n) is 12.1. The fraction of sp³-hybridized carbons (Fsp3) is 0.500. The molecule has 1 heterocycles. The van der Waals surface area contributed by atoms with Crippen molar-refractivity contribution in [3.05, 3.63) is 35.9 Å².